The summed E-state index contributed by atoms with van der Waals surface area (Å²) in [6.07, 6.45) is 2.70. The minimum absolute atomic E-state index is 0.738. The van der Waals surface area contributed by atoms with E-state index in [1.165, 1.54) is 29.5 Å². The summed E-state index contributed by atoms with van der Waals surface area (Å²) in [7, 11) is 0. The van der Waals surface area contributed by atoms with Gasteiger partial charge < -0.3 is 0 Å². The van der Waals surface area contributed by atoms with Gasteiger partial charge in [-0.1, -0.05) is 18.2 Å². The lowest BCUT2D eigenvalue weighted by Gasteiger charge is -2.23. The summed E-state index contributed by atoms with van der Waals surface area (Å²) >= 11 is 5.87. The summed E-state index contributed by atoms with van der Waals surface area (Å²) < 4.78 is 0. The molecule has 2 heteroatoms. The Bertz CT molecular complexity index is 338. The van der Waals surface area contributed by atoms with Crippen molar-refractivity contribution in [1.29, 1.82) is 0 Å². The predicted molar refractivity (Wildman–Crippen MR) is 70.1 cm³/mol. The van der Waals surface area contributed by atoms with Crippen molar-refractivity contribution in [2.24, 2.45) is 0 Å². The molecule has 0 aliphatic heterocycles. The lowest BCUT2D eigenvalue weighted by atomic mass is 10.0. The monoisotopic (exact) mass is 237 g/mol. The summed E-state index contributed by atoms with van der Waals surface area (Å²) in [4.78, 5) is 2.53. The highest BCUT2D eigenvalue weighted by Gasteiger charge is 2.28. The van der Waals surface area contributed by atoms with Crippen molar-refractivity contribution in [2.45, 2.75) is 39.3 Å². The molecule has 0 heterocycles. The number of alkyl halides is 1. The molecule has 0 bridgehead atoms. The predicted octanol–water partition coefficient (Wildman–Crippen LogP) is 3.51. The zero-order valence-corrected chi connectivity index (χ0v) is 10.9. The van der Waals surface area contributed by atoms with Crippen LogP contribution in [0.4, 0.5) is 0 Å². The van der Waals surface area contributed by atoms with Gasteiger partial charge in [0.15, 0.2) is 0 Å². The van der Waals surface area contributed by atoms with E-state index in [1.54, 1.807) is 0 Å². The molecule has 1 aliphatic rings. The van der Waals surface area contributed by atoms with Crippen LogP contribution in [-0.2, 0) is 6.54 Å². The lowest BCUT2D eigenvalue weighted by molar-refractivity contribution is 0.270. The molecule has 0 amide bonds. The Kier molecular flexibility index (Phi) is 3.88. The molecule has 1 aromatic rings. The van der Waals surface area contributed by atoms with Gasteiger partial charge in [0.25, 0.3) is 0 Å². The van der Waals surface area contributed by atoms with Crippen molar-refractivity contribution in [3.8, 4) is 0 Å². The van der Waals surface area contributed by atoms with Crippen molar-refractivity contribution >= 4 is 11.6 Å². The van der Waals surface area contributed by atoms with E-state index in [2.05, 4.69) is 36.9 Å². The highest BCUT2D eigenvalue weighted by Crippen LogP contribution is 2.29. The third-order valence-electron chi connectivity index (χ3n) is 3.44. The molecule has 0 radical (unpaired) electrons. The molecule has 88 valence electrons. The van der Waals surface area contributed by atoms with Crippen LogP contribution in [0.15, 0.2) is 18.2 Å². The van der Waals surface area contributed by atoms with Gasteiger partial charge in [-0.2, -0.15) is 0 Å². The van der Waals surface area contributed by atoms with Crippen molar-refractivity contribution in [3.05, 3.63) is 34.9 Å². The first kappa shape index (κ1) is 11.9. The van der Waals surface area contributed by atoms with Crippen molar-refractivity contribution in [3.63, 3.8) is 0 Å². The highest BCUT2D eigenvalue weighted by molar-refractivity contribution is 6.18. The van der Waals surface area contributed by atoms with Crippen molar-refractivity contribution in [2.75, 3.05) is 12.4 Å². The summed E-state index contributed by atoms with van der Waals surface area (Å²) in [5.41, 5.74) is 4.29. The maximum Gasteiger partial charge on any atom is 0.0351 e. The van der Waals surface area contributed by atoms with Crippen LogP contribution in [0.5, 0.6) is 0 Å². The molecule has 0 aromatic heterocycles. The average molecular weight is 238 g/mol. The van der Waals surface area contributed by atoms with E-state index in [9.17, 15) is 0 Å². The molecule has 1 saturated carbocycles. The quantitative estimate of drug-likeness (QED) is 0.709. The first-order valence-corrected chi connectivity index (χ1v) is 6.61. The molecule has 1 fully saturated rings. The number of aryl methyl sites for hydroxylation is 2. The standard InChI is InChI=1S/C14H20ClN/c1-11-4-3-5-12(2)14(11)10-16(9-8-15)13-6-7-13/h3-5,13H,6-10H2,1-2H3. The van der Waals surface area contributed by atoms with Crippen LogP contribution in [-0.4, -0.2) is 23.4 Å². The maximum atomic E-state index is 5.87. The van der Waals surface area contributed by atoms with Gasteiger partial charge in [0.1, 0.15) is 0 Å². The third kappa shape index (κ3) is 2.78. The Morgan fingerprint density at radius 2 is 1.88 bits per heavy atom. The SMILES string of the molecule is Cc1cccc(C)c1CN(CCCl)C1CC1. The maximum absolute atomic E-state index is 5.87. The molecular formula is C14H20ClN. The van der Waals surface area contributed by atoms with E-state index in [1.807, 2.05) is 0 Å². The first-order valence-electron chi connectivity index (χ1n) is 6.07. The Labute approximate surface area is 103 Å². The van der Waals surface area contributed by atoms with E-state index in [4.69, 9.17) is 11.6 Å². The van der Waals surface area contributed by atoms with E-state index < -0.39 is 0 Å². The Balaban J connectivity index is 2.11. The molecule has 0 atom stereocenters. The summed E-state index contributed by atoms with van der Waals surface area (Å²) in [5.74, 6) is 0.738. The highest BCUT2D eigenvalue weighted by atomic mass is 35.5. The average Bonchev–Trinajstić information content (AvgIpc) is 3.06. The lowest BCUT2D eigenvalue weighted by Crippen LogP contribution is -2.28. The van der Waals surface area contributed by atoms with Gasteiger partial charge in [0, 0.05) is 25.0 Å². The van der Waals surface area contributed by atoms with Gasteiger partial charge in [-0.3, -0.25) is 4.90 Å². The topological polar surface area (TPSA) is 3.24 Å². The van der Waals surface area contributed by atoms with Crippen molar-refractivity contribution in [1.82, 2.24) is 4.90 Å². The molecular weight excluding hydrogens is 218 g/mol. The van der Waals surface area contributed by atoms with E-state index >= 15 is 0 Å². The molecule has 0 saturated heterocycles. The fraction of sp³-hybridized carbons (Fsp3) is 0.571. The molecule has 2 rings (SSSR count). The van der Waals surface area contributed by atoms with Crippen LogP contribution in [0.1, 0.15) is 29.5 Å². The molecule has 0 N–H and O–H groups in total. The van der Waals surface area contributed by atoms with Crippen LogP contribution in [0, 0.1) is 13.8 Å². The minimum atomic E-state index is 0.738. The van der Waals surface area contributed by atoms with Gasteiger partial charge in [-0.25, -0.2) is 0 Å². The molecule has 1 aromatic carbocycles. The van der Waals surface area contributed by atoms with Crippen molar-refractivity contribution < 1.29 is 0 Å². The Morgan fingerprint density at radius 1 is 1.25 bits per heavy atom. The number of hydrogen-bond acceptors (Lipinski definition) is 1. The molecule has 1 nitrogen and oxygen atoms in total. The minimum Gasteiger partial charge on any atom is -0.295 e. The van der Waals surface area contributed by atoms with Gasteiger partial charge in [0.2, 0.25) is 0 Å². The van der Waals surface area contributed by atoms with Gasteiger partial charge >= 0.3 is 0 Å². The van der Waals surface area contributed by atoms with E-state index in [0.717, 1.165) is 25.0 Å². The second-order valence-electron chi connectivity index (χ2n) is 4.76. The Hall–Kier alpha value is -0.530. The fourth-order valence-electron chi connectivity index (χ4n) is 2.24. The summed E-state index contributed by atoms with van der Waals surface area (Å²) in [6.45, 7) is 6.48. The van der Waals surface area contributed by atoms with Crippen LogP contribution < -0.4 is 0 Å². The van der Waals surface area contributed by atoms with Crippen LogP contribution >= 0.6 is 11.6 Å². The van der Waals surface area contributed by atoms with Crippen LogP contribution in [0.2, 0.25) is 0 Å². The van der Waals surface area contributed by atoms with Crippen LogP contribution in [0.3, 0.4) is 0 Å². The van der Waals surface area contributed by atoms with E-state index in [0.29, 0.717) is 0 Å². The summed E-state index contributed by atoms with van der Waals surface area (Å²) in [6, 6.07) is 7.33. The molecule has 0 unspecified atom stereocenters. The smallest absolute Gasteiger partial charge is 0.0351 e. The molecule has 1 aliphatic carbocycles. The zero-order valence-electron chi connectivity index (χ0n) is 10.2. The fourth-order valence-corrected chi connectivity index (χ4v) is 2.46. The number of hydrogen-bond donors (Lipinski definition) is 0. The largest absolute Gasteiger partial charge is 0.295 e. The van der Waals surface area contributed by atoms with Gasteiger partial charge in [-0.15, -0.1) is 11.6 Å². The summed E-state index contributed by atoms with van der Waals surface area (Å²) in [5, 5.41) is 0. The molecule has 16 heavy (non-hydrogen) atoms. The Morgan fingerprint density at radius 3 is 2.38 bits per heavy atom. The van der Waals surface area contributed by atoms with E-state index in [-0.39, 0.29) is 0 Å². The normalized spacial score (nSPS) is 15.8. The van der Waals surface area contributed by atoms with Crippen LogP contribution in [0.25, 0.3) is 0 Å². The number of nitrogens with zero attached hydrogens (tertiary/aromatic N) is 1. The number of halogens is 1. The molecule has 0 spiro atoms. The second-order valence-corrected chi connectivity index (χ2v) is 5.14. The number of benzene rings is 1. The first-order chi connectivity index (χ1) is 7.72. The van der Waals surface area contributed by atoms with Gasteiger partial charge in [0.05, 0.1) is 0 Å². The van der Waals surface area contributed by atoms with Gasteiger partial charge in [-0.05, 0) is 43.4 Å². The number of rotatable bonds is 5. The third-order valence-corrected chi connectivity index (χ3v) is 3.61. The zero-order chi connectivity index (χ0) is 11.5. The second kappa shape index (κ2) is 5.20.